The monoisotopic (exact) mass is 339 g/mol. The van der Waals surface area contributed by atoms with E-state index in [0.29, 0.717) is 10.7 Å². The predicted octanol–water partition coefficient (Wildman–Crippen LogP) is 1.53. The number of rotatable bonds is 5. The Bertz CT molecular complexity index is 749. The Balaban J connectivity index is 2.48. The predicted molar refractivity (Wildman–Crippen MR) is 84.8 cm³/mol. The SMILES string of the molecule is NNC(=O)CN(c1ccc(Cl)cc1)S(=O)(=O)c1ccccc1. The fraction of sp³-hybridized carbons (Fsp3) is 0.0714. The lowest BCUT2D eigenvalue weighted by Gasteiger charge is -2.23. The number of carbonyl (C=O) groups is 1. The first kappa shape index (κ1) is 16.3. The highest BCUT2D eigenvalue weighted by Crippen LogP contribution is 2.24. The molecule has 0 atom stereocenters. The summed E-state index contributed by atoms with van der Waals surface area (Å²) >= 11 is 5.81. The molecule has 0 radical (unpaired) electrons. The largest absolute Gasteiger partial charge is 0.293 e. The van der Waals surface area contributed by atoms with E-state index in [9.17, 15) is 13.2 Å². The van der Waals surface area contributed by atoms with Crippen LogP contribution in [-0.2, 0) is 14.8 Å². The van der Waals surface area contributed by atoms with Gasteiger partial charge in [0.15, 0.2) is 0 Å². The molecule has 22 heavy (non-hydrogen) atoms. The van der Waals surface area contributed by atoms with E-state index in [0.717, 1.165) is 4.31 Å². The normalized spacial score (nSPS) is 11.0. The van der Waals surface area contributed by atoms with E-state index in [-0.39, 0.29) is 4.90 Å². The van der Waals surface area contributed by atoms with Gasteiger partial charge in [-0.3, -0.25) is 14.5 Å². The summed E-state index contributed by atoms with van der Waals surface area (Å²) in [5.41, 5.74) is 2.25. The lowest BCUT2D eigenvalue weighted by molar-refractivity contribution is -0.119. The van der Waals surface area contributed by atoms with Gasteiger partial charge in [-0.05, 0) is 36.4 Å². The Kier molecular flexibility index (Phi) is 5.02. The lowest BCUT2D eigenvalue weighted by Crippen LogP contribution is -2.43. The maximum atomic E-state index is 12.7. The molecule has 2 rings (SSSR count). The van der Waals surface area contributed by atoms with E-state index in [4.69, 9.17) is 17.4 Å². The van der Waals surface area contributed by atoms with Crippen LogP contribution in [0.5, 0.6) is 0 Å². The molecular formula is C14H14ClN3O3S. The van der Waals surface area contributed by atoms with E-state index < -0.39 is 22.5 Å². The van der Waals surface area contributed by atoms with Crippen LogP contribution in [0.25, 0.3) is 0 Å². The van der Waals surface area contributed by atoms with Crippen molar-refractivity contribution in [3.8, 4) is 0 Å². The van der Waals surface area contributed by atoms with Crippen LogP contribution in [-0.4, -0.2) is 20.9 Å². The summed E-state index contributed by atoms with van der Waals surface area (Å²) in [6.07, 6.45) is 0. The van der Waals surface area contributed by atoms with Gasteiger partial charge in [0.25, 0.3) is 15.9 Å². The number of nitrogens with zero attached hydrogens (tertiary/aromatic N) is 1. The number of hydrazine groups is 1. The number of nitrogens with two attached hydrogens (primary N) is 1. The zero-order valence-electron chi connectivity index (χ0n) is 11.4. The number of halogens is 1. The third kappa shape index (κ3) is 3.56. The average Bonchev–Trinajstić information content (AvgIpc) is 2.54. The van der Waals surface area contributed by atoms with Crippen molar-refractivity contribution in [1.82, 2.24) is 5.43 Å². The van der Waals surface area contributed by atoms with Crippen LogP contribution in [0.15, 0.2) is 59.5 Å². The van der Waals surface area contributed by atoms with Crippen LogP contribution in [0.3, 0.4) is 0 Å². The third-order valence-corrected chi connectivity index (χ3v) is 4.93. The van der Waals surface area contributed by atoms with Crippen molar-refractivity contribution in [3.63, 3.8) is 0 Å². The van der Waals surface area contributed by atoms with Crippen molar-refractivity contribution in [2.75, 3.05) is 10.8 Å². The first-order chi connectivity index (χ1) is 10.4. The topological polar surface area (TPSA) is 92.5 Å². The van der Waals surface area contributed by atoms with Crippen LogP contribution in [0.2, 0.25) is 5.02 Å². The van der Waals surface area contributed by atoms with Crippen LogP contribution in [0, 0.1) is 0 Å². The smallest absolute Gasteiger partial charge is 0.264 e. The number of nitrogens with one attached hydrogen (secondary N) is 1. The van der Waals surface area contributed by atoms with Crippen molar-refractivity contribution < 1.29 is 13.2 Å². The summed E-state index contributed by atoms with van der Waals surface area (Å²) in [7, 11) is -3.90. The van der Waals surface area contributed by atoms with Crippen molar-refractivity contribution >= 4 is 33.2 Å². The highest BCUT2D eigenvalue weighted by atomic mass is 35.5. The minimum atomic E-state index is -3.90. The first-order valence-electron chi connectivity index (χ1n) is 6.28. The Hall–Kier alpha value is -2.09. The van der Waals surface area contributed by atoms with E-state index in [1.807, 2.05) is 5.43 Å². The number of benzene rings is 2. The summed E-state index contributed by atoms with van der Waals surface area (Å²) in [5, 5.41) is 0.462. The molecule has 0 aliphatic carbocycles. The molecule has 3 N–H and O–H groups in total. The number of amides is 1. The van der Waals surface area contributed by atoms with E-state index >= 15 is 0 Å². The Labute approximate surface area is 133 Å². The van der Waals surface area contributed by atoms with Gasteiger partial charge >= 0.3 is 0 Å². The second-order valence-corrected chi connectivity index (χ2v) is 6.67. The Morgan fingerprint density at radius 3 is 2.23 bits per heavy atom. The summed E-state index contributed by atoms with van der Waals surface area (Å²) in [4.78, 5) is 11.7. The molecule has 0 fully saturated rings. The van der Waals surface area contributed by atoms with Gasteiger partial charge in [-0.25, -0.2) is 14.3 Å². The standard InChI is InChI=1S/C14H14ClN3O3S/c15-11-6-8-12(9-7-11)18(10-14(19)17-16)22(20,21)13-4-2-1-3-5-13/h1-9H,10,16H2,(H,17,19). The highest BCUT2D eigenvalue weighted by molar-refractivity contribution is 7.92. The van der Waals surface area contributed by atoms with Gasteiger partial charge in [0.05, 0.1) is 10.6 Å². The summed E-state index contributed by atoms with van der Waals surface area (Å²) < 4.78 is 26.5. The quantitative estimate of drug-likeness (QED) is 0.491. The second-order valence-electron chi connectivity index (χ2n) is 4.37. The van der Waals surface area contributed by atoms with Gasteiger partial charge in [-0.1, -0.05) is 29.8 Å². The molecule has 0 aromatic heterocycles. The van der Waals surface area contributed by atoms with Crippen LogP contribution < -0.4 is 15.6 Å². The fourth-order valence-corrected chi connectivity index (χ4v) is 3.39. The summed E-state index contributed by atoms with van der Waals surface area (Å²) in [6.45, 7) is -0.435. The number of hydrogen-bond donors (Lipinski definition) is 2. The van der Waals surface area contributed by atoms with Crippen LogP contribution >= 0.6 is 11.6 Å². The lowest BCUT2D eigenvalue weighted by atomic mass is 10.3. The van der Waals surface area contributed by atoms with Gasteiger partial charge in [0.1, 0.15) is 6.54 Å². The van der Waals surface area contributed by atoms with Gasteiger partial charge in [0, 0.05) is 5.02 Å². The third-order valence-electron chi connectivity index (χ3n) is 2.89. The average molecular weight is 340 g/mol. The summed E-state index contributed by atoms with van der Waals surface area (Å²) in [5.74, 6) is 4.43. The van der Waals surface area contributed by atoms with Gasteiger partial charge in [0.2, 0.25) is 0 Å². The molecule has 2 aromatic rings. The molecule has 1 amide bonds. The maximum absolute atomic E-state index is 12.7. The Morgan fingerprint density at radius 1 is 1.09 bits per heavy atom. The molecule has 116 valence electrons. The number of hydrogen-bond acceptors (Lipinski definition) is 4. The van der Waals surface area contributed by atoms with Crippen LogP contribution in [0.4, 0.5) is 5.69 Å². The van der Waals surface area contributed by atoms with Gasteiger partial charge < -0.3 is 0 Å². The molecule has 0 unspecified atom stereocenters. The fourth-order valence-electron chi connectivity index (χ4n) is 1.82. The Morgan fingerprint density at radius 2 is 1.68 bits per heavy atom. The molecule has 0 aliphatic rings. The number of anilines is 1. The molecular weight excluding hydrogens is 326 g/mol. The zero-order chi connectivity index (χ0) is 16.2. The second kappa shape index (κ2) is 6.78. The minimum Gasteiger partial charge on any atom is -0.293 e. The number of carbonyl (C=O) groups excluding carboxylic acids is 1. The van der Waals surface area contributed by atoms with E-state index in [1.165, 1.54) is 24.3 Å². The number of sulfonamides is 1. The van der Waals surface area contributed by atoms with Crippen molar-refractivity contribution in [3.05, 3.63) is 59.6 Å². The molecule has 0 saturated heterocycles. The highest BCUT2D eigenvalue weighted by Gasteiger charge is 2.26. The molecule has 8 heteroatoms. The van der Waals surface area contributed by atoms with Gasteiger partial charge in [-0.15, -0.1) is 0 Å². The molecule has 0 spiro atoms. The molecule has 2 aromatic carbocycles. The van der Waals surface area contributed by atoms with E-state index in [2.05, 4.69) is 0 Å². The van der Waals surface area contributed by atoms with E-state index in [1.54, 1.807) is 30.3 Å². The molecule has 0 saturated carbocycles. The molecule has 0 heterocycles. The van der Waals surface area contributed by atoms with Crippen molar-refractivity contribution in [1.29, 1.82) is 0 Å². The summed E-state index contributed by atoms with van der Waals surface area (Å²) in [6, 6.07) is 14.0. The maximum Gasteiger partial charge on any atom is 0.264 e. The van der Waals surface area contributed by atoms with Crippen molar-refractivity contribution in [2.45, 2.75) is 4.90 Å². The minimum absolute atomic E-state index is 0.0785. The van der Waals surface area contributed by atoms with Gasteiger partial charge in [-0.2, -0.15) is 0 Å². The molecule has 6 nitrogen and oxygen atoms in total. The van der Waals surface area contributed by atoms with Crippen molar-refractivity contribution in [2.24, 2.45) is 5.84 Å². The molecule has 0 bridgehead atoms. The zero-order valence-corrected chi connectivity index (χ0v) is 13.0. The molecule has 0 aliphatic heterocycles. The first-order valence-corrected chi connectivity index (χ1v) is 8.10. The van der Waals surface area contributed by atoms with Crippen LogP contribution in [0.1, 0.15) is 0 Å².